The zero-order valence-corrected chi connectivity index (χ0v) is 18.2. The lowest BCUT2D eigenvalue weighted by molar-refractivity contribution is -0.138. The summed E-state index contributed by atoms with van der Waals surface area (Å²) >= 11 is 0. The molecular formula is C24H29N3O3. The molecule has 0 saturated carbocycles. The Labute approximate surface area is 177 Å². The number of nitrogens with one attached hydrogen (secondary N) is 1. The van der Waals surface area contributed by atoms with Gasteiger partial charge in [-0.2, -0.15) is 0 Å². The third kappa shape index (κ3) is 4.22. The minimum absolute atomic E-state index is 0.00976. The molecule has 0 unspecified atom stereocenters. The van der Waals surface area contributed by atoms with Crippen LogP contribution < -0.4 is 5.32 Å². The summed E-state index contributed by atoms with van der Waals surface area (Å²) in [6, 6.07) is 16.7. The van der Waals surface area contributed by atoms with Gasteiger partial charge in [0.2, 0.25) is 5.91 Å². The number of rotatable bonds is 5. The van der Waals surface area contributed by atoms with Gasteiger partial charge in [0.25, 0.3) is 5.91 Å². The van der Waals surface area contributed by atoms with E-state index < -0.39 is 17.5 Å². The summed E-state index contributed by atoms with van der Waals surface area (Å²) in [5.41, 5.74) is 1.62. The van der Waals surface area contributed by atoms with Gasteiger partial charge in [-0.3, -0.25) is 14.5 Å². The van der Waals surface area contributed by atoms with Crippen molar-refractivity contribution in [1.29, 1.82) is 0 Å². The average Bonchev–Trinajstić information content (AvgIpc) is 2.92. The Morgan fingerprint density at radius 3 is 2.20 bits per heavy atom. The Hall–Kier alpha value is -3.15. The third-order valence-corrected chi connectivity index (χ3v) is 5.58. The summed E-state index contributed by atoms with van der Waals surface area (Å²) in [5, 5.41) is 2.77. The molecule has 0 aromatic heterocycles. The van der Waals surface area contributed by atoms with E-state index in [9.17, 15) is 14.4 Å². The van der Waals surface area contributed by atoms with Crippen molar-refractivity contribution >= 4 is 17.8 Å². The predicted octanol–water partition coefficient (Wildman–Crippen LogP) is 3.41. The van der Waals surface area contributed by atoms with Gasteiger partial charge in [0.15, 0.2) is 0 Å². The van der Waals surface area contributed by atoms with Gasteiger partial charge < -0.3 is 10.2 Å². The van der Waals surface area contributed by atoms with E-state index in [-0.39, 0.29) is 17.9 Å². The predicted molar refractivity (Wildman–Crippen MR) is 116 cm³/mol. The number of amides is 4. The first-order valence-electron chi connectivity index (χ1n) is 10.1. The average molecular weight is 408 g/mol. The van der Waals surface area contributed by atoms with Crippen molar-refractivity contribution in [3.63, 3.8) is 0 Å². The van der Waals surface area contributed by atoms with E-state index in [1.807, 2.05) is 54.6 Å². The van der Waals surface area contributed by atoms with Crippen LogP contribution in [0.2, 0.25) is 0 Å². The maximum atomic E-state index is 13.1. The highest BCUT2D eigenvalue weighted by Gasteiger charge is 2.49. The summed E-state index contributed by atoms with van der Waals surface area (Å²) in [5.74, 6) is -0.716. The van der Waals surface area contributed by atoms with Gasteiger partial charge in [0.05, 0.1) is 0 Å². The molecule has 4 amide bonds. The molecule has 158 valence electrons. The Morgan fingerprint density at radius 1 is 1.03 bits per heavy atom. The highest BCUT2D eigenvalue weighted by Crippen LogP contribution is 2.31. The second-order valence-electron chi connectivity index (χ2n) is 9.01. The van der Waals surface area contributed by atoms with Gasteiger partial charge in [-0.05, 0) is 29.0 Å². The number of nitrogens with zero attached hydrogens (tertiary/aromatic N) is 2. The first kappa shape index (κ1) is 21.6. The lowest BCUT2D eigenvalue weighted by atomic mass is 9.84. The molecule has 0 bridgehead atoms. The zero-order valence-electron chi connectivity index (χ0n) is 18.2. The number of carbonyl (C=O) groups excluding carboxylic acids is 3. The van der Waals surface area contributed by atoms with E-state index in [0.717, 1.165) is 16.0 Å². The molecule has 1 saturated heterocycles. The monoisotopic (exact) mass is 407 g/mol. The fraction of sp³-hybridized carbons (Fsp3) is 0.375. The van der Waals surface area contributed by atoms with Crippen molar-refractivity contribution in [2.45, 2.75) is 45.2 Å². The fourth-order valence-electron chi connectivity index (χ4n) is 3.54. The van der Waals surface area contributed by atoms with Crippen molar-refractivity contribution in [3.05, 3.63) is 71.3 Å². The van der Waals surface area contributed by atoms with Crippen LogP contribution in [0.3, 0.4) is 0 Å². The molecule has 0 spiro atoms. The quantitative estimate of drug-likeness (QED) is 0.773. The smallest absolute Gasteiger partial charge is 0.325 e. The molecule has 2 aromatic rings. The van der Waals surface area contributed by atoms with Crippen LogP contribution in [-0.2, 0) is 27.1 Å². The second kappa shape index (κ2) is 7.94. The normalized spacial score (nSPS) is 19.0. The molecule has 1 fully saturated rings. The molecule has 3 rings (SSSR count). The molecular weight excluding hydrogens is 378 g/mol. The van der Waals surface area contributed by atoms with E-state index in [0.29, 0.717) is 12.1 Å². The largest absolute Gasteiger partial charge is 0.340 e. The number of imide groups is 1. The van der Waals surface area contributed by atoms with Crippen LogP contribution in [-0.4, -0.2) is 41.2 Å². The minimum Gasteiger partial charge on any atom is -0.340 e. The molecule has 1 aliphatic rings. The number of likely N-dealkylation sites (N-methyl/N-ethyl adjacent to an activating group) is 1. The highest BCUT2D eigenvalue weighted by molar-refractivity contribution is 6.09. The Balaban J connectivity index is 1.73. The molecule has 6 nitrogen and oxygen atoms in total. The topological polar surface area (TPSA) is 69.7 Å². The highest BCUT2D eigenvalue weighted by atomic mass is 16.2. The molecule has 30 heavy (non-hydrogen) atoms. The number of hydrogen-bond donors (Lipinski definition) is 1. The molecule has 0 aliphatic carbocycles. The van der Waals surface area contributed by atoms with Crippen molar-refractivity contribution in [2.75, 3.05) is 13.6 Å². The number of urea groups is 1. The summed E-state index contributed by atoms with van der Waals surface area (Å²) in [6.07, 6.45) is 0. The second-order valence-corrected chi connectivity index (χ2v) is 9.01. The zero-order chi connectivity index (χ0) is 22.1. The Kier molecular flexibility index (Phi) is 5.70. The van der Waals surface area contributed by atoms with Gasteiger partial charge in [-0.25, -0.2) is 4.79 Å². The summed E-state index contributed by atoms with van der Waals surface area (Å²) in [7, 11) is 1.66. The van der Waals surface area contributed by atoms with Crippen LogP contribution in [0.15, 0.2) is 54.6 Å². The molecule has 0 radical (unpaired) electrons. The van der Waals surface area contributed by atoms with Crippen LogP contribution in [0, 0.1) is 0 Å². The van der Waals surface area contributed by atoms with E-state index in [4.69, 9.17) is 0 Å². The minimum atomic E-state index is -1.19. The standard InChI is InChI=1S/C24H29N3O3/c1-23(2,3)18-11-13-19(14-12-18)24(4)21(29)27(22(30)25-24)16-20(28)26(5)15-17-9-7-6-8-10-17/h6-14H,15-16H2,1-5H3,(H,25,30)/t24-/m0/s1. The van der Waals surface area contributed by atoms with Gasteiger partial charge in [-0.15, -0.1) is 0 Å². The third-order valence-electron chi connectivity index (χ3n) is 5.58. The van der Waals surface area contributed by atoms with Gasteiger partial charge in [-0.1, -0.05) is 75.4 Å². The first-order valence-corrected chi connectivity index (χ1v) is 10.1. The molecule has 1 heterocycles. The fourth-order valence-corrected chi connectivity index (χ4v) is 3.54. The van der Waals surface area contributed by atoms with Crippen LogP contribution in [0.5, 0.6) is 0 Å². The Bertz CT molecular complexity index is 948. The number of hydrogen-bond acceptors (Lipinski definition) is 3. The van der Waals surface area contributed by atoms with Gasteiger partial charge in [0, 0.05) is 13.6 Å². The van der Waals surface area contributed by atoms with Crippen LogP contribution in [0.25, 0.3) is 0 Å². The van der Waals surface area contributed by atoms with Gasteiger partial charge in [0.1, 0.15) is 12.1 Å². The summed E-state index contributed by atoms with van der Waals surface area (Å²) < 4.78 is 0. The van der Waals surface area contributed by atoms with Crippen molar-refractivity contribution in [1.82, 2.24) is 15.1 Å². The molecule has 6 heteroatoms. The summed E-state index contributed by atoms with van der Waals surface area (Å²) in [4.78, 5) is 40.8. The SMILES string of the molecule is CN(Cc1ccccc1)C(=O)CN1C(=O)N[C@@](C)(c2ccc(C(C)(C)C)cc2)C1=O. The number of benzene rings is 2. The maximum Gasteiger partial charge on any atom is 0.325 e. The van der Waals surface area contributed by atoms with Crippen molar-refractivity contribution in [3.8, 4) is 0 Å². The number of carbonyl (C=O) groups is 3. The van der Waals surface area contributed by atoms with Crippen molar-refractivity contribution < 1.29 is 14.4 Å². The van der Waals surface area contributed by atoms with E-state index in [1.54, 1.807) is 14.0 Å². The lowest BCUT2D eigenvalue weighted by Crippen LogP contribution is -2.43. The summed E-state index contributed by atoms with van der Waals surface area (Å²) in [6.45, 7) is 8.15. The Morgan fingerprint density at radius 2 is 1.63 bits per heavy atom. The van der Waals surface area contributed by atoms with E-state index >= 15 is 0 Å². The van der Waals surface area contributed by atoms with Crippen LogP contribution >= 0.6 is 0 Å². The molecule has 1 atom stereocenters. The van der Waals surface area contributed by atoms with E-state index in [1.165, 1.54) is 4.90 Å². The molecule has 1 N–H and O–H groups in total. The molecule has 1 aliphatic heterocycles. The van der Waals surface area contributed by atoms with Crippen molar-refractivity contribution in [2.24, 2.45) is 0 Å². The molecule has 2 aromatic carbocycles. The van der Waals surface area contributed by atoms with Gasteiger partial charge >= 0.3 is 6.03 Å². The van der Waals surface area contributed by atoms with Crippen LogP contribution in [0.4, 0.5) is 4.79 Å². The van der Waals surface area contributed by atoms with E-state index in [2.05, 4.69) is 26.1 Å². The van der Waals surface area contributed by atoms with Crippen LogP contribution in [0.1, 0.15) is 44.4 Å². The first-order chi connectivity index (χ1) is 14.0. The lowest BCUT2D eigenvalue weighted by Gasteiger charge is -2.25. The maximum absolute atomic E-state index is 13.1.